The van der Waals surface area contributed by atoms with Crippen molar-refractivity contribution in [3.05, 3.63) is 24.3 Å². The van der Waals surface area contributed by atoms with Crippen LogP contribution in [-0.2, 0) is 19.6 Å². The Morgan fingerprint density at radius 3 is 2.73 bits per heavy atom. The SMILES string of the molecule is O=C1CN(CCCO[C@@H]2CCN(S(=O)(=O)c3cccc(OCC4CC4)c3)C2)C(=O)N1. The van der Waals surface area contributed by atoms with E-state index in [-0.39, 0.29) is 29.5 Å². The molecule has 2 saturated heterocycles. The lowest BCUT2D eigenvalue weighted by Gasteiger charge is -2.18. The minimum absolute atomic E-state index is 0.0811. The molecule has 0 bridgehead atoms. The Kier molecular flexibility index (Phi) is 6.26. The van der Waals surface area contributed by atoms with Gasteiger partial charge in [-0.1, -0.05) is 6.07 Å². The van der Waals surface area contributed by atoms with E-state index in [0.29, 0.717) is 57.4 Å². The van der Waals surface area contributed by atoms with Gasteiger partial charge in [0, 0.05) is 32.3 Å². The molecule has 30 heavy (non-hydrogen) atoms. The summed E-state index contributed by atoms with van der Waals surface area (Å²) in [5.74, 6) is 0.890. The zero-order valence-electron chi connectivity index (χ0n) is 16.8. The summed E-state index contributed by atoms with van der Waals surface area (Å²) < 4.78 is 38.9. The van der Waals surface area contributed by atoms with Crippen molar-refractivity contribution in [2.75, 3.05) is 39.4 Å². The first kappa shape index (κ1) is 21.1. The average molecular weight is 438 g/mol. The van der Waals surface area contributed by atoms with Crippen molar-refractivity contribution in [1.82, 2.24) is 14.5 Å². The maximum Gasteiger partial charge on any atom is 0.324 e. The van der Waals surface area contributed by atoms with Crippen LogP contribution in [0, 0.1) is 5.92 Å². The van der Waals surface area contributed by atoms with E-state index in [4.69, 9.17) is 9.47 Å². The van der Waals surface area contributed by atoms with E-state index < -0.39 is 10.0 Å². The predicted octanol–water partition coefficient (Wildman–Crippen LogP) is 1.20. The summed E-state index contributed by atoms with van der Waals surface area (Å²) in [4.78, 5) is 24.3. The van der Waals surface area contributed by atoms with Crippen LogP contribution in [0.3, 0.4) is 0 Å². The second kappa shape index (κ2) is 8.91. The van der Waals surface area contributed by atoms with Crippen molar-refractivity contribution in [2.45, 2.75) is 36.7 Å². The molecule has 3 fully saturated rings. The monoisotopic (exact) mass is 437 g/mol. The number of nitrogens with zero attached hydrogens (tertiary/aromatic N) is 2. The number of urea groups is 1. The highest BCUT2D eigenvalue weighted by atomic mass is 32.2. The number of nitrogens with one attached hydrogen (secondary N) is 1. The Balaban J connectivity index is 1.24. The van der Waals surface area contributed by atoms with Crippen LogP contribution in [0.15, 0.2) is 29.2 Å². The number of sulfonamides is 1. The first-order chi connectivity index (χ1) is 14.4. The lowest BCUT2D eigenvalue weighted by Crippen LogP contribution is -2.31. The fourth-order valence-corrected chi connectivity index (χ4v) is 5.12. The van der Waals surface area contributed by atoms with Gasteiger partial charge < -0.3 is 14.4 Å². The quantitative estimate of drug-likeness (QED) is 0.436. The number of carbonyl (C=O) groups is 2. The summed E-state index contributed by atoms with van der Waals surface area (Å²) >= 11 is 0. The second-order valence-electron chi connectivity index (χ2n) is 8.00. The van der Waals surface area contributed by atoms with Gasteiger partial charge in [0.2, 0.25) is 15.9 Å². The maximum absolute atomic E-state index is 13.0. The summed E-state index contributed by atoms with van der Waals surface area (Å²) in [6, 6.07) is 6.30. The van der Waals surface area contributed by atoms with Crippen molar-refractivity contribution in [2.24, 2.45) is 5.92 Å². The molecular weight excluding hydrogens is 410 g/mol. The van der Waals surface area contributed by atoms with Gasteiger partial charge >= 0.3 is 6.03 Å². The summed E-state index contributed by atoms with van der Waals surface area (Å²) in [5, 5.41) is 2.23. The van der Waals surface area contributed by atoms with E-state index in [0.717, 1.165) is 0 Å². The number of benzene rings is 1. The van der Waals surface area contributed by atoms with Crippen molar-refractivity contribution < 1.29 is 27.5 Å². The van der Waals surface area contributed by atoms with Crippen LogP contribution in [0.2, 0.25) is 0 Å². The Bertz CT molecular complexity index is 902. The summed E-state index contributed by atoms with van der Waals surface area (Å²) in [7, 11) is -3.60. The number of amides is 3. The van der Waals surface area contributed by atoms with Crippen LogP contribution in [0.5, 0.6) is 5.75 Å². The predicted molar refractivity (Wildman–Crippen MR) is 108 cm³/mol. The molecule has 1 N–H and O–H groups in total. The molecule has 9 nitrogen and oxygen atoms in total. The van der Waals surface area contributed by atoms with Gasteiger partial charge in [0.05, 0.1) is 17.6 Å². The third-order valence-electron chi connectivity index (χ3n) is 5.53. The van der Waals surface area contributed by atoms with Crippen molar-refractivity contribution in [3.8, 4) is 5.75 Å². The maximum atomic E-state index is 13.0. The third kappa shape index (κ3) is 5.11. The van der Waals surface area contributed by atoms with E-state index in [2.05, 4.69) is 5.32 Å². The van der Waals surface area contributed by atoms with E-state index in [1.54, 1.807) is 24.3 Å². The molecule has 3 aliphatic rings. The standard InChI is InChI=1S/C20H27N3O6S/c24-19-13-22(20(25)21-19)8-2-10-28-17-7-9-23(12-17)30(26,27)18-4-1-3-16(11-18)29-14-15-5-6-15/h1,3-4,11,15,17H,2,5-10,12-14H2,(H,21,24,25)/t17-/m1/s1. The smallest absolute Gasteiger partial charge is 0.324 e. The molecule has 4 rings (SSSR count). The molecule has 0 unspecified atom stereocenters. The van der Waals surface area contributed by atoms with Gasteiger partial charge in [0.1, 0.15) is 12.3 Å². The third-order valence-corrected chi connectivity index (χ3v) is 7.39. The minimum Gasteiger partial charge on any atom is -0.493 e. The first-order valence-electron chi connectivity index (χ1n) is 10.4. The molecule has 1 saturated carbocycles. The molecule has 0 spiro atoms. The van der Waals surface area contributed by atoms with E-state index in [9.17, 15) is 18.0 Å². The number of hydrogen-bond acceptors (Lipinski definition) is 6. The van der Waals surface area contributed by atoms with Crippen LogP contribution in [0.1, 0.15) is 25.7 Å². The van der Waals surface area contributed by atoms with Crippen LogP contribution in [-0.4, -0.2) is 75.1 Å². The van der Waals surface area contributed by atoms with Gasteiger partial charge in [0.15, 0.2) is 0 Å². The molecule has 3 amide bonds. The topological polar surface area (TPSA) is 105 Å². The summed E-state index contributed by atoms with van der Waals surface area (Å²) in [6.45, 7) is 2.26. The highest BCUT2D eigenvalue weighted by molar-refractivity contribution is 7.89. The highest BCUT2D eigenvalue weighted by Crippen LogP contribution is 2.30. The van der Waals surface area contributed by atoms with Crippen LogP contribution < -0.4 is 10.1 Å². The van der Waals surface area contributed by atoms with Gasteiger partial charge in [-0.15, -0.1) is 0 Å². The minimum atomic E-state index is -3.60. The molecule has 1 aromatic carbocycles. The lowest BCUT2D eigenvalue weighted by molar-refractivity contribution is -0.118. The molecular formula is C20H27N3O6S. The molecule has 10 heteroatoms. The Morgan fingerprint density at radius 2 is 2.00 bits per heavy atom. The van der Waals surface area contributed by atoms with Crippen LogP contribution in [0.25, 0.3) is 0 Å². The largest absolute Gasteiger partial charge is 0.493 e. The summed E-state index contributed by atoms with van der Waals surface area (Å²) in [6.07, 6.45) is 3.39. The molecule has 1 aliphatic carbocycles. The van der Waals surface area contributed by atoms with Crippen molar-refractivity contribution in [1.29, 1.82) is 0 Å². The normalized spacial score (nSPS) is 22.5. The lowest BCUT2D eigenvalue weighted by atomic mass is 10.3. The van der Waals surface area contributed by atoms with Gasteiger partial charge in [-0.05, 0) is 43.7 Å². The average Bonchev–Trinajstić information content (AvgIpc) is 3.33. The Hall–Kier alpha value is -2.17. The highest BCUT2D eigenvalue weighted by Gasteiger charge is 2.33. The number of ether oxygens (including phenoxy) is 2. The van der Waals surface area contributed by atoms with Crippen LogP contribution in [0.4, 0.5) is 4.79 Å². The number of hydrogen-bond donors (Lipinski definition) is 1. The van der Waals surface area contributed by atoms with Gasteiger partial charge in [-0.3, -0.25) is 10.1 Å². The van der Waals surface area contributed by atoms with E-state index in [1.807, 2.05) is 0 Å². The first-order valence-corrected chi connectivity index (χ1v) is 11.8. The van der Waals surface area contributed by atoms with Crippen LogP contribution >= 0.6 is 0 Å². The fraction of sp³-hybridized carbons (Fsp3) is 0.600. The number of rotatable bonds is 10. The molecule has 2 heterocycles. The Labute approximate surface area is 176 Å². The van der Waals surface area contributed by atoms with Gasteiger partial charge in [-0.2, -0.15) is 4.31 Å². The summed E-state index contributed by atoms with van der Waals surface area (Å²) in [5.41, 5.74) is 0. The molecule has 0 radical (unpaired) electrons. The fourth-order valence-electron chi connectivity index (χ4n) is 3.59. The van der Waals surface area contributed by atoms with Gasteiger partial charge in [-0.25, -0.2) is 13.2 Å². The zero-order valence-corrected chi connectivity index (χ0v) is 17.6. The Morgan fingerprint density at radius 1 is 1.17 bits per heavy atom. The van der Waals surface area contributed by atoms with Crippen molar-refractivity contribution in [3.63, 3.8) is 0 Å². The molecule has 2 aliphatic heterocycles. The van der Waals surface area contributed by atoms with E-state index in [1.165, 1.54) is 22.0 Å². The number of carbonyl (C=O) groups excluding carboxylic acids is 2. The molecule has 1 atom stereocenters. The molecule has 1 aromatic rings. The van der Waals surface area contributed by atoms with Crippen molar-refractivity contribution >= 4 is 22.0 Å². The molecule has 164 valence electrons. The number of imide groups is 1. The van der Waals surface area contributed by atoms with E-state index >= 15 is 0 Å². The molecule has 0 aromatic heterocycles. The van der Waals surface area contributed by atoms with Gasteiger partial charge in [0.25, 0.3) is 0 Å². The zero-order chi connectivity index (χ0) is 21.1. The second-order valence-corrected chi connectivity index (χ2v) is 9.94.